The van der Waals surface area contributed by atoms with Gasteiger partial charge < -0.3 is 9.73 Å². The number of aromatic nitrogens is 2. The van der Waals surface area contributed by atoms with Crippen molar-refractivity contribution < 1.29 is 9.73 Å². The summed E-state index contributed by atoms with van der Waals surface area (Å²) in [7, 11) is 0. The maximum Gasteiger partial charge on any atom is 0.274 e. The number of rotatable bonds is 7. The lowest BCUT2D eigenvalue weighted by Gasteiger charge is -2.18. The van der Waals surface area contributed by atoms with Crippen molar-refractivity contribution in [1.29, 1.82) is 0 Å². The minimum absolute atomic E-state index is 0.0594. The van der Waals surface area contributed by atoms with Crippen LogP contribution in [0.4, 0.5) is 0 Å². The van der Waals surface area contributed by atoms with Gasteiger partial charge in [-0.2, -0.15) is 0 Å². The first kappa shape index (κ1) is 18.1. The number of hydrogen-bond acceptors (Lipinski definition) is 5. The van der Waals surface area contributed by atoms with Crippen LogP contribution in [0.25, 0.3) is 10.8 Å². The van der Waals surface area contributed by atoms with Crippen LogP contribution < -0.4 is 5.32 Å². The van der Waals surface area contributed by atoms with Gasteiger partial charge in [0, 0.05) is 5.56 Å². The number of nitrogens with zero attached hydrogens (tertiary/aromatic N) is 2. The van der Waals surface area contributed by atoms with Crippen molar-refractivity contribution in [3.05, 3.63) is 81.2 Å². The molecule has 1 aromatic carbocycles. The van der Waals surface area contributed by atoms with Gasteiger partial charge in [-0.1, -0.05) is 43.3 Å². The molecule has 3 aromatic heterocycles. The molecule has 0 aliphatic carbocycles. The molecule has 0 saturated carbocycles. The van der Waals surface area contributed by atoms with Gasteiger partial charge >= 0.3 is 0 Å². The zero-order valence-electron chi connectivity index (χ0n) is 15.3. The number of aryl methyl sites for hydroxylation is 1. The highest BCUT2D eigenvalue weighted by Gasteiger charge is 2.26. The molecule has 3 heterocycles. The van der Waals surface area contributed by atoms with Crippen molar-refractivity contribution in [3.8, 4) is 10.8 Å². The largest absolute Gasteiger partial charge is 0.414 e. The summed E-state index contributed by atoms with van der Waals surface area (Å²) in [5.41, 5.74) is 2.65. The molecule has 138 valence electrons. The molecule has 0 aliphatic rings. The monoisotopic (exact) mass is 396 g/mol. The second-order valence-corrected chi connectivity index (χ2v) is 8.42. The zero-order valence-corrected chi connectivity index (χ0v) is 17.0. The van der Waals surface area contributed by atoms with Gasteiger partial charge in [0.05, 0.1) is 9.75 Å². The second kappa shape index (κ2) is 8.17. The highest BCUT2D eigenvalue weighted by molar-refractivity contribution is 7.13. The zero-order chi connectivity index (χ0) is 18.6. The summed E-state index contributed by atoms with van der Waals surface area (Å²) >= 11 is 3.39. The van der Waals surface area contributed by atoms with E-state index in [-0.39, 0.29) is 12.1 Å². The van der Waals surface area contributed by atoms with Crippen LogP contribution in [0.3, 0.4) is 0 Å². The lowest BCUT2D eigenvalue weighted by molar-refractivity contribution is -0.725. The van der Waals surface area contributed by atoms with Gasteiger partial charge in [-0.05, 0) is 41.8 Å². The minimum atomic E-state index is 0.0594. The van der Waals surface area contributed by atoms with Crippen LogP contribution in [0.1, 0.15) is 47.8 Å². The van der Waals surface area contributed by atoms with Gasteiger partial charge in [-0.25, -0.2) is 0 Å². The van der Waals surface area contributed by atoms with E-state index < -0.39 is 0 Å². The summed E-state index contributed by atoms with van der Waals surface area (Å²) in [6.45, 7) is 4.30. The summed E-state index contributed by atoms with van der Waals surface area (Å²) in [6, 6.07) is 17.5. The Balaban J connectivity index is 1.57. The maximum absolute atomic E-state index is 5.94. The second-order valence-electron chi connectivity index (χ2n) is 6.49. The fourth-order valence-corrected chi connectivity index (χ4v) is 4.57. The van der Waals surface area contributed by atoms with Gasteiger partial charge in [-0.3, -0.25) is 0 Å². The summed E-state index contributed by atoms with van der Waals surface area (Å²) < 4.78 is 5.94. The van der Waals surface area contributed by atoms with Crippen LogP contribution in [0.15, 0.2) is 63.7 Å². The minimum Gasteiger partial charge on any atom is -0.414 e. The molecule has 2 atom stereocenters. The SMILES string of the molecule is CCc1ccc([C@H]([NH2+][C@@H](C)c2nnc(-c3cccs3)o2)c2cccs2)cc1. The molecule has 0 unspecified atom stereocenters. The molecule has 0 fully saturated rings. The molecule has 0 amide bonds. The Morgan fingerprint density at radius 2 is 1.78 bits per heavy atom. The van der Waals surface area contributed by atoms with Crippen LogP contribution in [0, 0.1) is 0 Å². The Hall–Kier alpha value is -2.28. The standard InChI is InChI=1S/C21H21N3OS2/c1-3-15-8-10-16(11-9-15)19(17-6-4-12-26-17)22-14(2)20-23-24-21(25-20)18-7-5-13-27-18/h4-14,19,22H,3H2,1-2H3/p+1/t14-,19-/m0/s1. The molecular formula is C21H22N3OS2+. The molecule has 4 nitrogen and oxygen atoms in total. The van der Waals surface area contributed by atoms with Crippen molar-refractivity contribution >= 4 is 22.7 Å². The number of thiophene rings is 2. The molecule has 6 heteroatoms. The smallest absolute Gasteiger partial charge is 0.274 e. The van der Waals surface area contributed by atoms with Crippen molar-refractivity contribution in [2.45, 2.75) is 32.4 Å². The number of hydrogen-bond donors (Lipinski definition) is 1. The summed E-state index contributed by atoms with van der Waals surface area (Å²) in [5, 5.41) is 15.0. The number of quaternary nitrogens is 1. The van der Waals surface area contributed by atoms with Gasteiger partial charge in [0.15, 0.2) is 6.04 Å². The van der Waals surface area contributed by atoms with E-state index in [9.17, 15) is 0 Å². The molecule has 0 spiro atoms. The van der Waals surface area contributed by atoms with E-state index in [1.807, 2.05) is 17.5 Å². The van der Waals surface area contributed by atoms with Crippen molar-refractivity contribution in [2.75, 3.05) is 0 Å². The van der Waals surface area contributed by atoms with Crippen molar-refractivity contribution in [2.24, 2.45) is 0 Å². The first-order valence-corrected chi connectivity index (χ1v) is 10.8. The Morgan fingerprint density at radius 3 is 2.44 bits per heavy atom. The summed E-state index contributed by atoms with van der Waals surface area (Å²) in [6.07, 6.45) is 1.05. The fourth-order valence-electron chi connectivity index (χ4n) is 3.09. The quantitative estimate of drug-likeness (QED) is 0.486. The summed E-state index contributed by atoms with van der Waals surface area (Å²) in [5.74, 6) is 1.25. The molecule has 2 N–H and O–H groups in total. The molecule has 4 rings (SSSR count). The Morgan fingerprint density at radius 1 is 1.00 bits per heavy atom. The molecule has 4 aromatic rings. The van der Waals surface area contributed by atoms with E-state index in [0.29, 0.717) is 11.8 Å². The molecule has 27 heavy (non-hydrogen) atoms. The van der Waals surface area contributed by atoms with E-state index in [4.69, 9.17) is 4.42 Å². The summed E-state index contributed by atoms with van der Waals surface area (Å²) in [4.78, 5) is 2.33. The van der Waals surface area contributed by atoms with Crippen molar-refractivity contribution in [1.82, 2.24) is 10.2 Å². The third-order valence-electron chi connectivity index (χ3n) is 4.64. The van der Waals surface area contributed by atoms with Crippen LogP contribution in [-0.4, -0.2) is 10.2 Å². The van der Waals surface area contributed by atoms with Crippen LogP contribution >= 0.6 is 22.7 Å². The molecular weight excluding hydrogens is 374 g/mol. The van der Waals surface area contributed by atoms with E-state index in [0.717, 1.165) is 11.3 Å². The first-order valence-electron chi connectivity index (χ1n) is 9.09. The first-order chi connectivity index (χ1) is 13.2. The molecule has 0 aliphatic heterocycles. The molecule has 0 radical (unpaired) electrons. The lowest BCUT2D eigenvalue weighted by Crippen LogP contribution is -2.85. The average Bonchev–Trinajstić information content (AvgIpc) is 3.47. The predicted molar refractivity (Wildman–Crippen MR) is 110 cm³/mol. The third kappa shape index (κ3) is 4.03. The number of benzene rings is 1. The Bertz CT molecular complexity index is 959. The van der Waals surface area contributed by atoms with Gasteiger partial charge in [-0.15, -0.1) is 32.9 Å². The Kier molecular flexibility index (Phi) is 5.48. The molecule has 0 saturated heterocycles. The Labute approximate surface area is 166 Å². The van der Waals surface area contributed by atoms with Gasteiger partial charge in [0.1, 0.15) is 6.04 Å². The molecule has 0 bridgehead atoms. The highest BCUT2D eigenvalue weighted by Crippen LogP contribution is 2.26. The normalized spacial score (nSPS) is 13.6. The third-order valence-corrected chi connectivity index (χ3v) is 6.45. The van der Waals surface area contributed by atoms with Crippen LogP contribution in [-0.2, 0) is 6.42 Å². The maximum atomic E-state index is 5.94. The lowest BCUT2D eigenvalue weighted by atomic mass is 10.0. The van der Waals surface area contributed by atoms with Crippen molar-refractivity contribution in [3.63, 3.8) is 0 Å². The number of nitrogens with two attached hydrogens (primary N) is 1. The average molecular weight is 397 g/mol. The van der Waals surface area contributed by atoms with E-state index in [1.165, 1.54) is 16.0 Å². The van der Waals surface area contributed by atoms with Gasteiger partial charge in [0.2, 0.25) is 0 Å². The van der Waals surface area contributed by atoms with Crippen LogP contribution in [0.2, 0.25) is 0 Å². The topological polar surface area (TPSA) is 55.5 Å². The van der Waals surface area contributed by atoms with Crippen LogP contribution in [0.5, 0.6) is 0 Å². The van der Waals surface area contributed by atoms with E-state index in [1.54, 1.807) is 22.7 Å². The van der Waals surface area contributed by atoms with Gasteiger partial charge in [0.25, 0.3) is 11.8 Å². The fraction of sp³-hybridized carbons (Fsp3) is 0.238. The highest BCUT2D eigenvalue weighted by atomic mass is 32.1. The van der Waals surface area contributed by atoms with E-state index in [2.05, 4.69) is 71.1 Å². The van der Waals surface area contributed by atoms with E-state index >= 15 is 0 Å². The predicted octanol–water partition coefficient (Wildman–Crippen LogP) is 4.84.